The number of hydrogen-bond donors (Lipinski definition) is 1. The van der Waals surface area contributed by atoms with Gasteiger partial charge in [0.1, 0.15) is 5.78 Å². The molecule has 2 heterocycles. The van der Waals surface area contributed by atoms with Crippen molar-refractivity contribution in [2.24, 2.45) is 5.92 Å². The van der Waals surface area contributed by atoms with Crippen molar-refractivity contribution in [2.75, 3.05) is 13.1 Å². The van der Waals surface area contributed by atoms with Crippen LogP contribution in [0.5, 0.6) is 0 Å². The van der Waals surface area contributed by atoms with Crippen molar-refractivity contribution in [3.8, 4) is 0 Å². The van der Waals surface area contributed by atoms with E-state index in [2.05, 4.69) is 40.5 Å². The predicted molar refractivity (Wildman–Crippen MR) is 103 cm³/mol. The van der Waals surface area contributed by atoms with Crippen molar-refractivity contribution in [2.45, 2.75) is 50.9 Å². The van der Waals surface area contributed by atoms with Crippen molar-refractivity contribution >= 4 is 11.7 Å². The van der Waals surface area contributed by atoms with Gasteiger partial charge in [0.15, 0.2) is 0 Å². The molecule has 1 unspecified atom stereocenters. The van der Waals surface area contributed by atoms with Gasteiger partial charge in [-0.3, -0.25) is 14.7 Å². The second-order valence-electron chi connectivity index (χ2n) is 7.90. The van der Waals surface area contributed by atoms with Crippen LogP contribution in [0.1, 0.15) is 61.4 Å². The number of nitrogens with one attached hydrogen (secondary N) is 1. The third-order valence-corrected chi connectivity index (χ3v) is 6.01. The molecule has 2 aromatic rings. The number of likely N-dealkylation sites (tertiary alicyclic amines) is 1. The molecule has 5 nitrogen and oxygen atoms in total. The number of carbonyl (C=O) groups is 2. The van der Waals surface area contributed by atoms with E-state index in [0.717, 1.165) is 56.6 Å². The number of rotatable bonds is 5. The second kappa shape index (κ2) is 8.07. The molecule has 2 fully saturated rings. The van der Waals surface area contributed by atoms with Crippen LogP contribution in [0.15, 0.2) is 36.4 Å². The van der Waals surface area contributed by atoms with Crippen molar-refractivity contribution < 1.29 is 9.59 Å². The van der Waals surface area contributed by atoms with Gasteiger partial charge in [0.2, 0.25) is 5.91 Å². The Balaban J connectivity index is 1.29. The standard InChI is InChI=1S/C22H27N3O2/c26-21-8-4-7-18(21)14-22(27)25-11-9-17(10-12-25)20-15-19(23-24-20)13-16-5-2-1-3-6-16/h1-3,5-6,15,17-18H,4,7-14H2,(H,23,24). The fourth-order valence-corrected chi connectivity index (χ4v) is 4.36. The summed E-state index contributed by atoms with van der Waals surface area (Å²) in [4.78, 5) is 26.2. The number of hydrogen-bond acceptors (Lipinski definition) is 3. The van der Waals surface area contributed by atoms with Crippen LogP contribution >= 0.6 is 0 Å². The van der Waals surface area contributed by atoms with Crippen molar-refractivity contribution in [1.82, 2.24) is 15.1 Å². The van der Waals surface area contributed by atoms with Gasteiger partial charge in [-0.1, -0.05) is 30.3 Å². The monoisotopic (exact) mass is 365 g/mol. The van der Waals surface area contributed by atoms with Gasteiger partial charge in [-0.25, -0.2) is 0 Å². The summed E-state index contributed by atoms with van der Waals surface area (Å²) in [6.07, 6.45) is 5.65. The van der Waals surface area contributed by atoms with E-state index in [1.165, 1.54) is 5.56 Å². The minimum Gasteiger partial charge on any atom is -0.343 e. The summed E-state index contributed by atoms with van der Waals surface area (Å²) in [7, 11) is 0. The van der Waals surface area contributed by atoms with E-state index < -0.39 is 0 Å². The summed E-state index contributed by atoms with van der Waals surface area (Å²) in [6.45, 7) is 1.54. The third kappa shape index (κ3) is 4.29. The number of nitrogens with zero attached hydrogens (tertiary/aromatic N) is 2. The second-order valence-corrected chi connectivity index (χ2v) is 7.90. The van der Waals surface area contributed by atoms with Gasteiger partial charge in [-0.05, 0) is 37.3 Å². The number of H-pyrrole nitrogens is 1. The third-order valence-electron chi connectivity index (χ3n) is 6.01. The maximum Gasteiger partial charge on any atom is 0.223 e. The number of carbonyl (C=O) groups excluding carboxylic acids is 2. The lowest BCUT2D eigenvalue weighted by molar-refractivity contribution is -0.135. The molecule has 0 radical (unpaired) electrons. The van der Waals surface area contributed by atoms with Crippen LogP contribution in [-0.4, -0.2) is 39.9 Å². The van der Waals surface area contributed by atoms with Crippen LogP contribution in [0.2, 0.25) is 0 Å². The number of aromatic amines is 1. The molecule has 0 spiro atoms. The first-order chi connectivity index (χ1) is 13.2. The zero-order valence-corrected chi connectivity index (χ0v) is 15.7. The van der Waals surface area contributed by atoms with Crippen LogP contribution in [0.25, 0.3) is 0 Å². The molecule has 2 aliphatic rings. The normalized spacial score (nSPS) is 21.0. The van der Waals surface area contributed by atoms with Crippen LogP contribution in [-0.2, 0) is 16.0 Å². The van der Waals surface area contributed by atoms with Gasteiger partial charge in [0, 0.05) is 49.9 Å². The smallest absolute Gasteiger partial charge is 0.223 e. The van der Waals surface area contributed by atoms with Crippen LogP contribution in [0.4, 0.5) is 0 Å². The highest BCUT2D eigenvalue weighted by Crippen LogP contribution is 2.29. The molecule has 1 saturated heterocycles. The van der Waals surface area contributed by atoms with Gasteiger partial charge in [0.25, 0.3) is 0 Å². The molecule has 1 aromatic carbocycles. The Bertz CT molecular complexity index is 791. The fraction of sp³-hybridized carbons (Fsp3) is 0.500. The van der Waals surface area contributed by atoms with Crippen LogP contribution in [0, 0.1) is 5.92 Å². The van der Waals surface area contributed by atoms with Crippen molar-refractivity contribution in [3.63, 3.8) is 0 Å². The number of piperidine rings is 1. The van der Waals surface area contributed by atoms with Crippen LogP contribution in [0.3, 0.4) is 0 Å². The van der Waals surface area contributed by atoms with Gasteiger partial charge < -0.3 is 4.90 Å². The van der Waals surface area contributed by atoms with Gasteiger partial charge >= 0.3 is 0 Å². The van der Waals surface area contributed by atoms with E-state index in [-0.39, 0.29) is 17.6 Å². The van der Waals surface area contributed by atoms with E-state index in [9.17, 15) is 9.59 Å². The van der Waals surface area contributed by atoms with E-state index in [4.69, 9.17) is 0 Å². The quantitative estimate of drug-likeness (QED) is 0.882. The van der Waals surface area contributed by atoms with E-state index in [1.54, 1.807) is 0 Å². The summed E-state index contributed by atoms with van der Waals surface area (Å²) in [6, 6.07) is 12.6. The van der Waals surface area contributed by atoms with E-state index in [1.807, 2.05) is 11.0 Å². The average molecular weight is 365 g/mol. The Hall–Kier alpha value is -2.43. The molecule has 1 atom stereocenters. The number of ketones is 1. The molecule has 27 heavy (non-hydrogen) atoms. The van der Waals surface area contributed by atoms with E-state index in [0.29, 0.717) is 18.8 Å². The molecule has 1 amide bonds. The molecular formula is C22H27N3O2. The van der Waals surface area contributed by atoms with Gasteiger partial charge in [-0.15, -0.1) is 0 Å². The average Bonchev–Trinajstić information content (AvgIpc) is 3.32. The largest absolute Gasteiger partial charge is 0.343 e. The number of Topliss-reactive ketones (excluding diaryl/α,β-unsaturated/α-hetero) is 1. The lowest BCUT2D eigenvalue weighted by Gasteiger charge is -2.31. The molecule has 142 valence electrons. The highest BCUT2D eigenvalue weighted by Gasteiger charge is 2.30. The lowest BCUT2D eigenvalue weighted by atomic mass is 9.92. The van der Waals surface area contributed by atoms with Gasteiger partial charge in [-0.2, -0.15) is 5.10 Å². The Morgan fingerprint density at radius 2 is 1.93 bits per heavy atom. The molecule has 1 aliphatic carbocycles. The Kier molecular flexibility index (Phi) is 5.37. The zero-order valence-electron chi connectivity index (χ0n) is 15.7. The highest BCUT2D eigenvalue weighted by atomic mass is 16.2. The minimum atomic E-state index is -0.0258. The Morgan fingerprint density at radius 3 is 2.63 bits per heavy atom. The maximum atomic E-state index is 12.5. The molecule has 1 saturated carbocycles. The maximum absolute atomic E-state index is 12.5. The van der Waals surface area contributed by atoms with Crippen LogP contribution < -0.4 is 0 Å². The summed E-state index contributed by atoms with van der Waals surface area (Å²) < 4.78 is 0. The zero-order chi connectivity index (χ0) is 18.6. The van der Waals surface area contributed by atoms with E-state index >= 15 is 0 Å². The molecule has 1 N–H and O–H groups in total. The SMILES string of the molecule is O=C1CCCC1CC(=O)N1CCC(c2cc(Cc3ccccc3)[nH]n2)CC1. The number of aromatic nitrogens is 2. The van der Waals surface area contributed by atoms with Crippen molar-refractivity contribution in [3.05, 3.63) is 53.3 Å². The molecular weight excluding hydrogens is 338 g/mol. The Labute approximate surface area is 160 Å². The summed E-state index contributed by atoms with van der Waals surface area (Å²) in [5.41, 5.74) is 3.52. The summed E-state index contributed by atoms with van der Waals surface area (Å²) in [5, 5.41) is 7.70. The lowest BCUT2D eigenvalue weighted by Crippen LogP contribution is -2.39. The van der Waals surface area contributed by atoms with Gasteiger partial charge in [0.05, 0.1) is 5.69 Å². The van der Waals surface area contributed by atoms with Crippen molar-refractivity contribution in [1.29, 1.82) is 0 Å². The fourth-order valence-electron chi connectivity index (χ4n) is 4.36. The first-order valence-electron chi connectivity index (χ1n) is 10.1. The summed E-state index contributed by atoms with van der Waals surface area (Å²) in [5.74, 6) is 0.811. The number of amides is 1. The topological polar surface area (TPSA) is 66.1 Å². The molecule has 4 rings (SSSR count). The molecule has 1 aliphatic heterocycles. The Morgan fingerprint density at radius 1 is 1.15 bits per heavy atom. The highest BCUT2D eigenvalue weighted by molar-refractivity contribution is 5.88. The molecule has 5 heteroatoms. The molecule has 1 aromatic heterocycles. The first kappa shape index (κ1) is 18.0. The minimum absolute atomic E-state index is 0.0258. The predicted octanol–water partition coefficient (Wildman–Crippen LogP) is 3.47. The summed E-state index contributed by atoms with van der Waals surface area (Å²) >= 11 is 0. The number of benzene rings is 1. The first-order valence-corrected chi connectivity index (χ1v) is 10.1. The molecule has 0 bridgehead atoms.